The average Bonchev–Trinajstić information content (AvgIpc) is 3.56. The lowest BCUT2D eigenvalue weighted by Gasteiger charge is -2.68. The number of nitrogens with zero attached hydrogens (tertiary/aromatic N) is 4. The second-order valence-electron chi connectivity index (χ2n) is 20.1. The Morgan fingerprint density at radius 3 is 1.87 bits per heavy atom. The van der Waals surface area contributed by atoms with Gasteiger partial charge in [-0.3, -0.25) is 9.56 Å². The van der Waals surface area contributed by atoms with Gasteiger partial charge >= 0.3 is 0 Å². The van der Waals surface area contributed by atoms with Crippen molar-refractivity contribution in [2.45, 2.75) is 171 Å². The van der Waals surface area contributed by atoms with E-state index in [2.05, 4.69) is 125 Å². The Morgan fingerprint density at radius 1 is 0.885 bits per heavy atom. The number of fused-ring (bicyclic) bond motifs is 1. The van der Waals surface area contributed by atoms with Crippen molar-refractivity contribution in [3.63, 3.8) is 0 Å². The second kappa shape index (κ2) is 13.8. The molecule has 1 aromatic carbocycles. The van der Waals surface area contributed by atoms with Crippen LogP contribution in [0.25, 0.3) is 0 Å². The Labute approximate surface area is 317 Å². The third-order valence-corrected chi connectivity index (χ3v) is 32.1. The molecule has 0 spiro atoms. The first kappa shape index (κ1) is 43.1. The number of aliphatic imine (C=N–C) groups is 2. The minimum Gasteiger partial charge on any atom is -0.497 e. The van der Waals surface area contributed by atoms with Gasteiger partial charge in [0.1, 0.15) is 57.5 Å². The molecule has 0 bridgehead atoms. The zero-order chi connectivity index (χ0) is 39.8. The maximum absolute atomic E-state index is 11.7. The number of amidine groups is 1. The fourth-order valence-electron chi connectivity index (χ4n) is 7.72. The van der Waals surface area contributed by atoms with Crippen LogP contribution < -0.4 is 10.5 Å². The molecule has 52 heavy (non-hydrogen) atoms. The van der Waals surface area contributed by atoms with Gasteiger partial charge in [-0.2, -0.15) is 0 Å². The van der Waals surface area contributed by atoms with Gasteiger partial charge in [-0.25, -0.2) is 4.99 Å². The summed E-state index contributed by atoms with van der Waals surface area (Å²) in [6.45, 7) is 36.9. The fraction of sp³-hybridized carbons (Fsp3) is 0.789. The first-order chi connectivity index (χ1) is 23.5. The molecule has 0 aliphatic carbocycles. The Bertz CT molecular complexity index is 1500. The lowest BCUT2D eigenvalue weighted by Crippen LogP contribution is -2.88. The highest BCUT2D eigenvalue weighted by Gasteiger charge is 2.76. The van der Waals surface area contributed by atoms with Crippen molar-refractivity contribution >= 4 is 36.6 Å². The summed E-state index contributed by atoms with van der Waals surface area (Å²) in [6.07, 6.45) is -3.26. The molecule has 0 amide bonds. The van der Waals surface area contributed by atoms with Gasteiger partial charge in [0.15, 0.2) is 11.7 Å². The molecule has 1 aromatic rings. The molecule has 0 radical (unpaired) electrons. The lowest BCUT2D eigenvalue weighted by molar-refractivity contribution is -0.147. The summed E-state index contributed by atoms with van der Waals surface area (Å²) in [5.41, 5.74) is 7.53. The molecule has 11 nitrogen and oxygen atoms in total. The second-order valence-corrected chi connectivity index (χ2v) is 36.1. The third kappa shape index (κ3) is 6.39. The van der Waals surface area contributed by atoms with Crippen LogP contribution in [0.1, 0.15) is 80.7 Å². The average molecular weight is 778 g/mol. The number of hydrogen-bond donors (Lipinski definition) is 4. The summed E-state index contributed by atoms with van der Waals surface area (Å²) < 4.78 is 22.0. The van der Waals surface area contributed by atoms with E-state index in [0.717, 1.165) is 11.3 Å². The van der Waals surface area contributed by atoms with Gasteiger partial charge in [0.2, 0.25) is 0 Å². The van der Waals surface area contributed by atoms with E-state index in [1.807, 2.05) is 17.0 Å². The highest BCUT2D eigenvalue weighted by atomic mass is 28.3. The van der Waals surface area contributed by atoms with Crippen molar-refractivity contribution < 1.29 is 29.5 Å². The van der Waals surface area contributed by atoms with Gasteiger partial charge in [-0.1, -0.05) is 121 Å². The van der Waals surface area contributed by atoms with Crippen molar-refractivity contribution in [1.29, 1.82) is 0 Å². The molecule has 0 aromatic heterocycles. The van der Waals surface area contributed by atoms with Crippen LogP contribution in [0.3, 0.4) is 0 Å². The van der Waals surface area contributed by atoms with Gasteiger partial charge in [0.05, 0.1) is 34.7 Å². The van der Waals surface area contributed by atoms with Crippen LogP contribution >= 0.6 is 0 Å². The molecule has 3 aliphatic heterocycles. The zero-order valence-corrected chi connectivity index (χ0v) is 38.2. The fourth-order valence-corrected chi connectivity index (χ4v) is 17.7. The quantitative estimate of drug-likeness (QED) is 0.208. The van der Waals surface area contributed by atoms with Crippen LogP contribution in [-0.4, -0.2) is 123 Å². The number of methoxy groups -OCH3 is 1. The first-order valence-electron chi connectivity index (χ1n) is 18.9. The Hall–Kier alpha value is -1.63. The van der Waals surface area contributed by atoms with Crippen LogP contribution in [0, 0.1) is 0 Å². The first-order valence-corrected chi connectivity index (χ1v) is 27.8. The van der Waals surface area contributed by atoms with E-state index >= 15 is 0 Å². The zero-order valence-electron chi connectivity index (χ0n) is 35.2. The Kier molecular flexibility index (Phi) is 11.5. The van der Waals surface area contributed by atoms with Crippen molar-refractivity contribution in [2.75, 3.05) is 20.3 Å². The molecule has 14 heteroatoms. The number of hydrogen-bond acceptors (Lipinski definition) is 11. The molecule has 296 valence electrons. The highest BCUT2D eigenvalue weighted by Crippen LogP contribution is 2.60. The van der Waals surface area contributed by atoms with Crippen molar-refractivity contribution in [3.05, 3.63) is 29.8 Å². The van der Waals surface area contributed by atoms with Gasteiger partial charge in [-0.05, 0) is 32.8 Å². The van der Waals surface area contributed by atoms with E-state index in [9.17, 15) is 15.3 Å². The highest BCUT2D eigenvalue weighted by molar-refractivity contribution is 6.89. The summed E-state index contributed by atoms with van der Waals surface area (Å²) in [6, 6.07) is 8.15. The molecular formula is C38H71N5O6Si3. The van der Waals surface area contributed by atoms with Gasteiger partial charge in [0, 0.05) is 5.92 Å². The number of ether oxygens (including phenoxy) is 3. The summed E-state index contributed by atoms with van der Waals surface area (Å²) in [4.78, 5) is 13.3. The minimum absolute atomic E-state index is 0.0219. The van der Waals surface area contributed by atoms with Crippen LogP contribution in [0.5, 0.6) is 5.75 Å². The summed E-state index contributed by atoms with van der Waals surface area (Å²) in [7, 11) is -6.46. The van der Waals surface area contributed by atoms with E-state index in [1.54, 1.807) is 13.4 Å². The largest absolute Gasteiger partial charge is 0.497 e. The topological polar surface area (TPSA) is 146 Å². The van der Waals surface area contributed by atoms with Crippen LogP contribution in [-0.2, 0) is 9.47 Å². The lowest BCUT2D eigenvalue weighted by atomic mass is 10.0. The van der Waals surface area contributed by atoms with E-state index in [0.29, 0.717) is 12.4 Å². The molecule has 1 saturated heterocycles. The Balaban J connectivity index is 2.13. The third-order valence-electron chi connectivity index (χ3n) is 14.3. The maximum atomic E-state index is 11.7. The molecular weight excluding hydrogens is 707 g/mol. The number of aliphatic hydroxyl groups excluding tert-OH is 3. The molecule has 1 fully saturated rings. The van der Waals surface area contributed by atoms with Crippen molar-refractivity contribution in [3.8, 4) is 5.75 Å². The summed E-state index contributed by atoms with van der Waals surface area (Å²) >= 11 is 0. The van der Waals surface area contributed by atoms with E-state index in [4.69, 9.17) is 29.9 Å². The summed E-state index contributed by atoms with van der Waals surface area (Å²) in [5, 5.41) is 31.4. The SMILES string of the molecule is COc1ccc(C(C)COC2([Si](C)(C)C(C)(C)C)N=C(N)C3([Si](C)(C)C(C)(C)C)N=CN([C@@H]4O[C@H](CO)C(O)C4O)C3N2[Si](C)(C)C(C)(C)C)cc1. The molecule has 3 heterocycles. The molecule has 5 N–H and O–H groups in total. The molecule has 4 rings (SSSR count). The molecule has 3 aliphatic rings. The molecule has 8 atom stereocenters. The van der Waals surface area contributed by atoms with Gasteiger partial charge < -0.3 is 40.2 Å². The van der Waals surface area contributed by atoms with E-state index in [-0.39, 0.29) is 21.0 Å². The summed E-state index contributed by atoms with van der Waals surface area (Å²) in [5.74, 6) is 1.27. The van der Waals surface area contributed by atoms with Crippen LogP contribution in [0.15, 0.2) is 34.3 Å². The predicted octanol–water partition coefficient (Wildman–Crippen LogP) is 6.09. The smallest absolute Gasteiger partial charge is 0.195 e. The number of benzene rings is 1. The number of aliphatic hydroxyl groups is 3. The van der Waals surface area contributed by atoms with E-state index in [1.165, 1.54) is 0 Å². The number of rotatable bonds is 10. The molecule has 6 unspecified atom stereocenters. The van der Waals surface area contributed by atoms with Crippen LogP contribution in [0.2, 0.25) is 54.4 Å². The maximum Gasteiger partial charge on any atom is 0.195 e. The van der Waals surface area contributed by atoms with Gasteiger partial charge in [0.25, 0.3) is 0 Å². The standard InChI is InChI=1S/C38H71N5O6Si3/c1-25(26-18-20-27(47-11)21-19-26)23-48-38(51(14,15)35(5,6)7)41-32(39)37(50(12,13)34(2,3)4)33(43(38)52(16,17)36(8,9)10)42(24-40-37)31-30(46)29(45)28(22-44)49-31/h18-21,24-25,28-31,33,44-46H,22-23H2,1-17H3,(H2,39,41)/t25?,28-,29?,30?,31-,33?,37?,38?/m1/s1. The van der Waals surface area contributed by atoms with Gasteiger partial charge in [-0.15, -0.1) is 0 Å². The number of nitrogens with two attached hydrogens (primary N) is 1. The monoisotopic (exact) mass is 777 g/mol. The minimum atomic E-state index is -2.76. The normalized spacial score (nSPS) is 31.5. The Morgan fingerprint density at radius 2 is 1.42 bits per heavy atom. The molecule has 0 saturated carbocycles. The van der Waals surface area contributed by atoms with Crippen LogP contribution in [0.4, 0.5) is 0 Å². The van der Waals surface area contributed by atoms with Crippen molar-refractivity contribution in [2.24, 2.45) is 15.7 Å². The predicted molar refractivity (Wildman–Crippen MR) is 220 cm³/mol. The van der Waals surface area contributed by atoms with E-state index < -0.39 is 72.3 Å². The van der Waals surface area contributed by atoms with Crippen molar-refractivity contribution in [1.82, 2.24) is 9.47 Å².